The van der Waals surface area contributed by atoms with Gasteiger partial charge in [-0.25, -0.2) is 0 Å². The van der Waals surface area contributed by atoms with Crippen LogP contribution in [-0.2, 0) is 19.1 Å². The molecule has 0 unspecified atom stereocenters. The maximum atomic E-state index is 12.9. The third-order valence-electron chi connectivity index (χ3n) is 12.1. The average Bonchev–Trinajstić information content (AvgIpc) is 3.21. The van der Waals surface area contributed by atoms with E-state index in [1.165, 1.54) is 89.2 Å². The van der Waals surface area contributed by atoms with E-state index in [0.717, 1.165) is 96.3 Å². The van der Waals surface area contributed by atoms with Crippen LogP contribution in [0.4, 0.5) is 0 Å². The van der Waals surface area contributed by atoms with Crippen molar-refractivity contribution < 1.29 is 19.1 Å². The first-order valence-electron chi connectivity index (χ1n) is 24.1. The fourth-order valence-electron chi connectivity index (χ4n) is 7.59. The van der Waals surface area contributed by atoms with E-state index in [-0.39, 0.29) is 23.1 Å². The van der Waals surface area contributed by atoms with Gasteiger partial charge in [0.15, 0.2) is 0 Å². The highest BCUT2D eigenvalue weighted by Crippen LogP contribution is 2.28. The molecule has 0 bridgehead atoms. The fourth-order valence-corrected chi connectivity index (χ4v) is 7.59. The lowest BCUT2D eigenvalue weighted by Crippen LogP contribution is -2.24. The van der Waals surface area contributed by atoms with E-state index < -0.39 is 0 Å². The van der Waals surface area contributed by atoms with Gasteiger partial charge in [-0.05, 0) is 205 Å². The molecule has 0 spiro atoms. The van der Waals surface area contributed by atoms with Crippen LogP contribution in [0, 0.1) is 0 Å². The van der Waals surface area contributed by atoms with Crippen molar-refractivity contribution >= 4 is 11.6 Å². The Balaban J connectivity index is 2.31. The molecule has 0 N–H and O–H groups in total. The van der Waals surface area contributed by atoms with Crippen molar-refractivity contribution in [3.63, 3.8) is 0 Å². The molecule has 0 saturated heterocycles. The summed E-state index contributed by atoms with van der Waals surface area (Å²) in [5, 5.41) is 0. The Morgan fingerprint density at radius 2 is 0.571 bits per heavy atom. The largest absolute Gasteiger partial charge is 0.489 e. The predicted molar refractivity (Wildman–Crippen MR) is 275 cm³/mol. The molecule has 1 rings (SSSR count). The molecule has 0 fully saturated rings. The van der Waals surface area contributed by atoms with Crippen molar-refractivity contribution in [2.45, 2.75) is 205 Å². The molecule has 1 aliphatic rings. The first-order valence-corrected chi connectivity index (χ1v) is 24.1. The van der Waals surface area contributed by atoms with Crippen molar-refractivity contribution in [3.8, 4) is 0 Å². The van der Waals surface area contributed by atoms with Gasteiger partial charge in [-0.1, -0.05) is 116 Å². The van der Waals surface area contributed by atoms with E-state index in [2.05, 4.69) is 137 Å². The minimum Gasteiger partial charge on any atom is -0.489 e. The van der Waals surface area contributed by atoms with Crippen molar-refractivity contribution in [2.75, 3.05) is 14.2 Å². The number of carbonyl (C=O) groups excluding carboxylic acids is 2. The zero-order valence-corrected chi connectivity index (χ0v) is 42.8. The number of ketones is 2. The van der Waals surface area contributed by atoms with Crippen LogP contribution in [0.3, 0.4) is 0 Å². The summed E-state index contributed by atoms with van der Waals surface area (Å²) in [5.74, 6) is -0.572. The van der Waals surface area contributed by atoms with Crippen molar-refractivity contribution in [1.29, 1.82) is 0 Å². The van der Waals surface area contributed by atoms with Gasteiger partial charge in [0.2, 0.25) is 23.1 Å². The minimum absolute atomic E-state index is 0.00667. The van der Waals surface area contributed by atoms with E-state index in [1.54, 1.807) is 6.92 Å². The molecule has 0 atom stereocenters. The van der Waals surface area contributed by atoms with E-state index >= 15 is 0 Å². The van der Waals surface area contributed by atoms with Gasteiger partial charge in [0.1, 0.15) is 0 Å². The lowest BCUT2D eigenvalue weighted by molar-refractivity contribution is -0.121. The Hall–Kier alpha value is -4.18. The lowest BCUT2D eigenvalue weighted by Gasteiger charge is -2.19. The standard InChI is InChI=1S/C59H90O4/c1-44(2)24-15-25-45(3)26-16-27-46(4)28-17-29-47(5)30-18-31-48(6)32-19-33-49(7)34-20-35-50(8)36-21-37-51(9)38-22-39-52(10)40-23-41-53(11)42-43-55-54(12)56(60)58(62-13)59(63-14)57(55)61/h24,26,28,30,32,34,36,38,40,42H,15-23,25,27,29,31,33,35,37,39,41,43H2,1-14H3/b45-26+,46-28+,47-30+,48-32+,49-34-,50-36+,51-38+,52-40+,53-42+. The molecular formula is C59H90O4. The molecule has 350 valence electrons. The minimum atomic E-state index is -0.284. The van der Waals surface area contributed by atoms with Crippen LogP contribution in [0.25, 0.3) is 0 Å². The van der Waals surface area contributed by atoms with Gasteiger partial charge < -0.3 is 9.47 Å². The van der Waals surface area contributed by atoms with Gasteiger partial charge in [0, 0.05) is 11.1 Å². The van der Waals surface area contributed by atoms with Crippen molar-refractivity contribution in [1.82, 2.24) is 0 Å². The second-order valence-electron chi connectivity index (χ2n) is 18.6. The Bertz CT molecular complexity index is 1840. The summed E-state index contributed by atoms with van der Waals surface area (Å²) in [7, 11) is 2.78. The third-order valence-corrected chi connectivity index (χ3v) is 12.1. The van der Waals surface area contributed by atoms with Gasteiger partial charge in [-0.3, -0.25) is 9.59 Å². The van der Waals surface area contributed by atoms with E-state index in [4.69, 9.17) is 9.47 Å². The molecule has 0 amide bonds. The normalized spacial score (nSPS) is 15.9. The van der Waals surface area contributed by atoms with Gasteiger partial charge in [-0.2, -0.15) is 0 Å². The topological polar surface area (TPSA) is 52.6 Å². The molecule has 4 heteroatoms. The number of rotatable bonds is 31. The molecular weight excluding hydrogens is 773 g/mol. The highest BCUT2D eigenvalue weighted by molar-refractivity contribution is 6.23. The van der Waals surface area contributed by atoms with Gasteiger partial charge in [0.25, 0.3) is 0 Å². The molecule has 1 aliphatic carbocycles. The van der Waals surface area contributed by atoms with Crippen LogP contribution < -0.4 is 0 Å². The molecule has 0 aromatic rings. The summed E-state index contributed by atoms with van der Waals surface area (Å²) >= 11 is 0. The van der Waals surface area contributed by atoms with Crippen molar-refractivity contribution in [3.05, 3.63) is 139 Å². The van der Waals surface area contributed by atoms with E-state index in [1.807, 2.05) is 0 Å². The quantitative estimate of drug-likeness (QED) is 0.0515. The van der Waals surface area contributed by atoms with Crippen molar-refractivity contribution in [2.24, 2.45) is 0 Å². The van der Waals surface area contributed by atoms with Crippen LogP contribution in [-0.4, -0.2) is 25.8 Å². The van der Waals surface area contributed by atoms with E-state index in [9.17, 15) is 9.59 Å². The number of allylic oxidation sites excluding steroid dienone is 22. The van der Waals surface area contributed by atoms with Crippen LogP contribution in [0.1, 0.15) is 205 Å². The second-order valence-corrected chi connectivity index (χ2v) is 18.6. The molecule has 0 heterocycles. The highest BCUT2D eigenvalue weighted by atomic mass is 16.5. The maximum absolute atomic E-state index is 12.9. The number of Topliss-reactive ketones (excluding diaryl/α,β-unsaturated/α-hetero) is 2. The fraction of sp³-hybridized carbons (Fsp3) is 0.559. The lowest BCUT2D eigenvalue weighted by atomic mass is 9.90. The number of carbonyl (C=O) groups is 2. The predicted octanol–water partition coefficient (Wildman–Crippen LogP) is 17.9. The first-order chi connectivity index (χ1) is 30.0. The summed E-state index contributed by atoms with van der Waals surface area (Å²) in [6, 6.07) is 0. The molecule has 0 radical (unpaired) electrons. The maximum Gasteiger partial charge on any atom is 0.228 e. The molecule has 0 aromatic heterocycles. The Labute approximate surface area is 387 Å². The zero-order chi connectivity index (χ0) is 47.2. The smallest absolute Gasteiger partial charge is 0.228 e. The summed E-state index contributed by atoms with van der Waals surface area (Å²) in [4.78, 5) is 25.5. The zero-order valence-electron chi connectivity index (χ0n) is 42.8. The van der Waals surface area contributed by atoms with Gasteiger partial charge in [0.05, 0.1) is 14.2 Å². The Morgan fingerprint density at radius 1 is 0.349 bits per heavy atom. The average molecular weight is 863 g/mol. The summed E-state index contributed by atoms with van der Waals surface area (Å²) in [6.07, 6.45) is 44.3. The van der Waals surface area contributed by atoms with Crippen LogP contribution in [0.15, 0.2) is 139 Å². The molecule has 0 aromatic carbocycles. The number of hydrogen-bond acceptors (Lipinski definition) is 4. The highest BCUT2D eigenvalue weighted by Gasteiger charge is 2.34. The SMILES string of the molecule is COC1=C(OC)C(=O)C(C/C=C(\C)CC/C=C(\C)CC/C=C(\C)CC/C=C(\C)CC/C=C(/C)CC/C=C(\C)CC/C=C(\C)CC/C=C(\C)CC/C=C(\C)CCC=C(C)C)=C(C)C1=O. The summed E-state index contributed by atoms with van der Waals surface area (Å²) < 4.78 is 10.3. The number of methoxy groups -OCH3 is 2. The molecule has 0 aliphatic heterocycles. The van der Waals surface area contributed by atoms with Crippen LogP contribution in [0.5, 0.6) is 0 Å². The van der Waals surface area contributed by atoms with Crippen LogP contribution >= 0.6 is 0 Å². The number of ether oxygens (including phenoxy) is 2. The van der Waals surface area contributed by atoms with Gasteiger partial charge in [-0.15, -0.1) is 0 Å². The third kappa shape index (κ3) is 26.3. The monoisotopic (exact) mass is 863 g/mol. The summed E-state index contributed by atoms with van der Waals surface area (Å²) in [5.41, 5.74) is 15.5. The number of hydrogen-bond donors (Lipinski definition) is 0. The Kier molecular flexibility index (Phi) is 30.1. The first kappa shape index (κ1) is 56.8. The van der Waals surface area contributed by atoms with Crippen LogP contribution in [0.2, 0.25) is 0 Å². The van der Waals surface area contributed by atoms with Gasteiger partial charge >= 0.3 is 0 Å². The summed E-state index contributed by atoms with van der Waals surface area (Å²) in [6.45, 7) is 26.3. The Morgan fingerprint density at radius 3 is 0.810 bits per heavy atom. The second kappa shape index (κ2) is 33.3. The van der Waals surface area contributed by atoms with E-state index in [0.29, 0.717) is 17.6 Å². The molecule has 63 heavy (non-hydrogen) atoms. The molecule has 4 nitrogen and oxygen atoms in total. The molecule has 0 saturated carbocycles.